The molecule has 0 bridgehead atoms. The highest BCUT2D eigenvalue weighted by atomic mass is 79.9. The minimum Gasteiger partial charge on any atom is -0.434 e. The molecule has 0 amide bonds. The molecule has 2 N–H and O–H groups in total. The van der Waals surface area contributed by atoms with E-state index < -0.39 is 0 Å². The van der Waals surface area contributed by atoms with E-state index in [9.17, 15) is 0 Å². The molecule has 0 spiro atoms. The summed E-state index contributed by atoms with van der Waals surface area (Å²) in [5, 5.41) is 0. The number of hydrogen-bond donors (Lipinski definition) is 1. The van der Waals surface area contributed by atoms with Crippen molar-refractivity contribution in [3.8, 4) is 11.5 Å². The van der Waals surface area contributed by atoms with Gasteiger partial charge in [0.05, 0.1) is 11.8 Å². The summed E-state index contributed by atoms with van der Waals surface area (Å²) in [5.74, 6) is 0.826. The Kier molecular flexibility index (Phi) is 2.29. The molecule has 6 heteroatoms. The number of aromatic nitrogens is 3. The van der Waals surface area contributed by atoms with Crippen molar-refractivity contribution >= 4 is 32.8 Å². The number of nitrogens with two attached hydrogens (primary N) is 1. The standard InChI is InChI=1S/C11H7BrN4O/c12-6-3-7(10(13)15-4-6)11-16-8-1-2-14-5-9(8)17-11/h1-5H,(H2,13,15). The Bertz CT molecular complexity index is 662. The lowest BCUT2D eigenvalue weighted by molar-refractivity contribution is 0.618. The number of anilines is 1. The Hall–Kier alpha value is -1.95. The fourth-order valence-electron chi connectivity index (χ4n) is 1.52. The summed E-state index contributed by atoms with van der Waals surface area (Å²) in [6, 6.07) is 3.60. The van der Waals surface area contributed by atoms with Crippen molar-refractivity contribution in [3.63, 3.8) is 0 Å². The first-order valence-electron chi connectivity index (χ1n) is 4.86. The second-order valence-corrected chi connectivity index (χ2v) is 4.36. The lowest BCUT2D eigenvalue weighted by Gasteiger charge is -1.99. The van der Waals surface area contributed by atoms with Gasteiger partial charge in [-0.2, -0.15) is 0 Å². The molecule has 3 rings (SSSR count). The van der Waals surface area contributed by atoms with Gasteiger partial charge in [0, 0.05) is 16.9 Å². The van der Waals surface area contributed by atoms with Crippen LogP contribution < -0.4 is 5.73 Å². The van der Waals surface area contributed by atoms with Crippen molar-refractivity contribution in [2.24, 2.45) is 0 Å². The van der Waals surface area contributed by atoms with E-state index in [1.165, 1.54) is 0 Å². The van der Waals surface area contributed by atoms with Gasteiger partial charge in [-0.3, -0.25) is 4.98 Å². The molecule has 0 radical (unpaired) electrons. The first-order chi connectivity index (χ1) is 8.24. The zero-order chi connectivity index (χ0) is 11.8. The fraction of sp³-hybridized carbons (Fsp3) is 0. The third-order valence-corrected chi connectivity index (χ3v) is 2.74. The normalized spacial score (nSPS) is 10.9. The largest absolute Gasteiger partial charge is 0.434 e. The smallest absolute Gasteiger partial charge is 0.231 e. The average Bonchev–Trinajstić information content (AvgIpc) is 2.75. The summed E-state index contributed by atoms with van der Waals surface area (Å²) in [7, 11) is 0. The molecule has 0 aliphatic rings. The van der Waals surface area contributed by atoms with Crippen molar-refractivity contribution in [2.45, 2.75) is 0 Å². The number of nitrogen functional groups attached to an aromatic ring is 1. The van der Waals surface area contributed by atoms with Gasteiger partial charge in [-0.05, 0) is 28.1 Å². The van der Waals surface area contributed by atoms with Crippen LogP contribution in [0.15, 0.2) is 39.6 Å². The van der Waals surface area contributed by atoms with E-state index in [1.54, 1.807) is 24.7 Å². The highest BCUT2D eigenvalue weighted by Crippen LogP contribution is 2.28. The highest BCUT2D eigenvalue weighted by Gasteiger charge is 2.12. The lowest BCUT2D eigenvalue weighted by Crippen LogP contribution is -1.93. The maximum absolute atomic E-state index is 5.80. The zero-order valence-electron chi connectivity index (χ0n) is 8.59. The van der Waals surface area contributed by atoms with Crippen LogP contribution in [-0.4, -0.2) is 15.0 Å². The summed E-state index contributed by atoms with van der Waals surface area (Å²) in [6.07, 6.45) is 4.91. The maximum atomic E-state index is 5.80. The minimum atomic E-state index is 0.382. The van der Waals surface area contributed by atoms with Gasteiger partial charge in [0.2, 0.25) is 5.89 Å². The van der Waals surface area contributed by atoms with Crippen LogP contribution in [-0.2, 0) is 0 Å². The van der Waals surface area contributed by atoms with E-state index in [-0.39, 0.29) is 0 Å². The van der Waals surface area contributed by atoms with Crippen LogP contribution in [0.3, 0.4) is 0 Å². The van der Waals surface area contributed by atoms with Gasteiger partial charge in [0.25, 0.3) is 0 Å². The molecule has 0 atom stereocenters. The Morgan fingerprint density at radius 2 is 2.18 bits per heavy atom. The van der Waals surface area contributed by atoms with Gasteiger partial charge < -0.3 is 10.2 Å². The maximum Gasteiger partial charge on any atom is 0.231 e. The van der Waals surface area contributed by atoms with Crippen molar-refractivity contribution in [3.05, 3.63) is 35.2 Å². The average molecular weight is 291 g/mol. The minimum absolute atomic E-state index is 0.382. The molecule has 0 aliphatic carbocycles. The summed E-state index contributed by atoms with van der Waals surface area (Å²) in [5.41, 5.74) is 7.83. The molecule has 3 aromatic heterocycles. The van der Waals surface area contributed by atoms with Crippen LogP contribution in [0.4, 0.5) is 5.82 Å². The van der Waals surface area contributed by atoms with Crippen molar-refractivity contribution < 1.29 is 4.42 Å². The first kappa shape index (κ1) is 10.2. The quantitative estimate of drug-likeness (QED) is 0.745. The van der Waals surface area contributed by atoms with E-state index >= 15 is 0 Å². The van der Waals surface area contributed by atoms with Gasteiger partial charge in [-0.1, -0.05) is 0 Å². The molecule has 0 aliphatic heterocycles. The lowest BCUT2D eigenvalue weighted by atomic mass is 10.2. The Morgan fingerprint density at radius 3 is 3.00 bits per heavy atom. The molecule has 3 aromatic rings. The summed E-state index contributed by atoms with van der Waals surface area (Å²) in [6.45, 7) is 0. The number of oxazole rings is 1. The third-order valence-electron chi connectivity index (χ3n) is 2.31. The number of hydrogen-bond acceptors (Lipinski definition) is 5. The molecule has 0 fully saturated rings. The molecule has 17 heavy (non-hydrogen) atoms. The van der Waals surface area contributed by atoms with Crippen LogP contribution >= 0.6 is 15.9 Å². The second-order valence-electron chi connectivity index (χ2n) is 3.45. The number of nitrogens with zero attached hydrogens (tertiary/aromatic N) is 3. The Morgan fingerprint density at radius 1 is 1.29 bits per heavy atom. The molecule has 5 nitrogen and oxygen atoms in total. The second kappa shape index (κ2) is 3.81. The predicted octanol–water partition coefficient (Wildman–Crippen LogP) is 2.63. The van der Waals surface area contributed by atoms with Crippen molar-refractivity contribution in [1.29, 1.82) is 0 Å². The van der Waals surface area contributed by atoms with E-state index in [0.29, 0.717) is 22.9 Å². The molecule has 84 valence electrons. The summed E-state index contributed by atoms with van der Waals surface area (Å²) >= 11 is 3.34. The molecule has 3 heterocycles. The third kappa shape index (κ3) is 1.76. The molecular weight excluding hydrogens is 284 g/mol. The van der Waals surface area contributed by atoms with Gasteiger partial charge in [0.15, 0.2) is 5.58 Å². The topological polar surface area (TPSA) is 77.8 Å². The molecule has 0 unspecified atom stereocenters. The van der Waals surface area contributed by atoms with E-state index in [4.69, 9.17) is 10.2 Å². The van der Waals surface area contributed by atoms with E-state index in [0.717, 1.165) is 9.99 Å². The van der Waals surface area contributed by atoms with E-state index in [2.05, 4.69) is 30.9 Å². The molecule has 0 aromatic carbocycles. The molecular formula is C11H7BrN4O. The van der Waals surface area contributed by atoms with Gasteiger partial charge in [-0.15, -0.1) is 0 Å². The van der Waals surface area contributed by atoms with Crippen LogP contribution in [0.5, 0.6) is 0 Å². The highest BCUT2D eigenvalue weighted by molar-refractivity contribution is 9.10. The SMILES string of the molecule is Nc1ncc(Br)cc1-c1nc2ccncc2o1. The van der Waals surface area contributed by atoms with E-state index in [1.807, 2.05) is 6.07 Å². The number of pyridine rings is 2. The van der Waals surface area contributed by atoms with Gasteiger partial charge in [-0.25, -0.2) is 9.97 Å². The zero-order valence-corrected chi connectivity index (χ0v) is 10.2. The summed E-state index contributed by atoms with van der Waals surface area (Å²) < 4.78 is 6.40. The van der Waals surface area contributed by atoms with Crippen LogP contribution in [0.2, 0.25) is 0 Å². The van der Waals surface area contributed by atoms with Crippen molar-refractivity contribution in [2.75, 3.05) is 5.73 Å². The van der Waals surface area contributed by atoms with Crippen LogP contribution in [0.25, 0.3) is 22.6 Å². The Balaban J connectivity index is 2.23. The number of fused-ring (bicyclic) bond motifs is 1. The first-order valence-corrected chi connectivity index (χ1v) is 5.65. The van der Waals surface area contributed by atoms with Crippen LogP contribution in [0, 0.1) is 0 Å². The summed E-state index contributed by atoms with van der Waals surface area (Å²) in [4.78, 5) is 12.3. The predicted molar refractivity (Wildman–Crippen MR) is 67.1 cm³/mol. The number of rotatable bonds is 1. The number of halogens is 1. The fourth-order valence-corrected chi connectivity index (χ4v) is 1.85. The molecule has 0 saturated carbocycles. The molecule has 0 saturated heterocycles. The van der Waals surface area contributed by atoms with Gasteiger partial charge in [0.1, 0.15) is 11.3 Å². The Labute approximate surface area is 105 Å². The van der Waals surface area contributed by atoms with Crippen molar-refractivity contribution in [1.82, 2.24) is 15.0 Å². The van der Waals surface area contributed by atoms with Crippen LogP contribution in [0.1, 0.15) is 0 Å². The monoisotopic (exact) mass is 290 g/mol. The van der Waals surface area contributed by atoms with Gasteiger partial charge >= 0.3 is 0 Å².